The van der Waals surface area contributed by atoms with Crippen molar-refractivity contribution in [2.24, 2.45) is 0 Å². The lowest BCUT2D eigenvalue weighted by Gasteiger charge is -2.22. The Kier molecular flexibility index (Phi) is 5.88. The quantitative estimate of drug-likeness (QED) is 0.440. The number of aromatic amines is 1. The van der Waals surface area contributed by atoms with E-state index < -0.39 is 0 Å². The highest BCUT2D eigenvalue weighted by Gasteiger charge is 2.28. The molecule has 6 nitrogen and oxygen atoms in total. The van der Waals surface area contributed by atoms with Gasteiger partial charge in [-0.2, -0.15) is 0 Å². The van der Waals surface area contributed by atoms with Crippen molar-refractivity contribution in [1.29, 1.82) is 0 Å². The minimum Gasteiger partial charge on any atom is -0.358 e. The number of nitrogens with one attached hydrogen (secondary N) is 2. The number of benzene rings is 2. The van der Waals surface area contributed by atoms with Gasteiger partial charge in [-0.3, -0.25) is 9.59 Å². The molecule has 166 valence electrons. The number of hydrogen-bond acceptors (Lipinski definition) is 4. The van der Waals surface area contributed by atoms with E-state index in [2.05, 4.69) is 46.5 Å². The van der Waals surface area contributed by atoms with Gasteiger partial charge in [0.2, 0.25) is 5.91 Å². The van der Waals surface area contributed by atoms with Crippen LogP contribution in [0.3, 0.4) is 0 Å². The summed E-state index contributed by atoms with van der Waals surface area (Å²) in [6, 6.07) is 19.7. The van der Waals surface area contributed by atoms with Gasteiger partial charge in [0, 0.05) is 48.2 Å². The summed E-state index contributed by atoms with van der Waals surface area (Å²) in [5.74, 6) is -0.202. The molecule has 7 heteroatoms. The molecule has 2 N–H and O–H groups in total. The van der Waals surface area contributed by atoms with E-state index in [9.17, 15) is 9.59 Å². The third-order valence-corrected chi connectivity index (χ3v) is 6.80. The Morgan fingerprint density at radius 3 is 2.91 bits per heavy atom. The van der Waals surface area contributed by atoms with Crippen LogP contribution in [0.5, 0.6) is 0 Å². The SMILES string of the molecule is Cc1ccc2[nH]c(CCNC(=O)CCN3C(=O)c4cccnc4Sc4ccccc43)cc2c1. The summed E-state index contributed by atoms with van der Waals surface area (Å²) in [7, 11) is 0. The molecule has 33 heavy (non-hydrogen) atoms. The molecular weight excluding hydrogens is 432 g/mol. The molecule has 2 amide bonds. The number of aromatic nitrogens is 2. The number of carbonyl (C=O) groups excluding carboxylic acids is 2. The van der Waals surface area contributed by atoms with E-state index in [4.69, 9.17) is 0 Å². The highest BCUT2D eigenvalue weighted by molar-refractivity contribution is 7.99. The molecule has 1 aliphatic rings. The third-order valence-electron chi connectivity index (χ3n) is 5.72. The second kappa shape index (κ2) is 9.11. The molecule has 0 spiro atoms. The maximum atomic E-state index is 13.3. The summed E-state index contributed by atoms with van der Waals surface area (Å²) in [5, 5.41) is 4.86. The van der Waals surface area contributed by atoms with Gasteiger partial charge in [0.1, 0.15) is 5.03 Å². The second-order valence-corrected chi connectivity index (χ2v) is 9.15. The molecule has 0 aliphatic carbocycles. The zero-order valence-electron chi connectivity index (χ0n) is 18.3. The van der Waals surface area contributed by atoms with Crippen LogP contribution in [0, 0.1) is 6.92 Å². The molecule has 5 rings (SSSR count). The molecule has 0 atom stereocenters. The number of anilines is 1. The second-order valence-electron chi connectivity index (χ2n) is 8.12. The lowest BCUT2D eigenvalue weighted by molar-refractivity contribution is -0.120. The Balaban J connectivity index is 1.22. The van der Waals surface area contributed by atoms with Gasteiger partial charge in [0.05, 0.1) is 11.3 Å². The molecule has 2 aromatic heterocycles. The molecular formula is C26H24N4O2S. The molecule has 0 unspecified atom stereocenters. The summed E-state index contributed by atoms with van der Waals surface area (Å²) in [4.78, 5) is 36.3. The minimum absolute atomic E-state index is 0.0736. The van der Waals surface area contributed by atoms with E-state index in [1.807, 2.05) is 24.3 Å². The first kappa shape index (κ1) is 21.3. The number of fused-ring (bicyclic) bond motifs is 3. The Labute approximate surface area is 196 Å². The van der Waals surface area contributed by atoms with E-state index in [0.29, 0.717) is 23.7 Å². The fourth-order valence-corrected chi connectivity index (χ4v) is 5.08. The monoisotopic (exact) mass is 456 g/mol. The van der Waals surface area contributed by atoms with E-state index in [-0.39, 0.29) is 18.2 Å². The van der Waals surface area contributed by atoms with E-state index in [1.54, 1.807) is 23.2 Å². The van der Waals surface area contributed by atoms with E-state index >= 15 is 0 Å². The van der Waals surface area contributed by atoms with Gasteiger partial charge in [-0.25, -0.2) is 4.98 Å². The Bertz CT molecular complexity index is 1350. The Hall–Kier alpha value is -3.58. The standard InChI is InChI=1S/C26H24N4O2S/c1-17-8-9-21-18(15-17)16-19(29-21)10-13-27-24(31)11-14-30-22-6-2-3-7-23(22)33-25-20(26(30)32)5-4-12-28-25/h2-9,12,15-16,29H,10-11,13-14H2,1H3,(H,27,31). The summed E-state index contributed by atoms with van der Waals surface area (Å²) in [5.41, 5.74) is 4.80. The van der Waals surface area contributed by atoms with Crippen LogP contribution in [-0.4, -0.2) is 34.9 Å². The Morgan fingerprint density at radius 1 is 1.12 bits per heavy atom. The van der Waals surface area contributed by atoms with Crippen molar-refractivity contribution in [3.8, 4) is 0 Å². The number of amides is 2. The van der Waals surface area contributed by atoms with Crippen LogP contribution < -0.4 is 10.2 Å². The van der Waals surface area contributed by atoms with E-state index in [1.165, 1.54) is 22.7 Å². The normalized spacial score (nSPS) is 12.9. The molecule has 1 aliphatic heterocycles. The van der Waals surface area contributed by atoms with Crippen LogP contribution in [-0.2, 0) is 11.2 Å². The van der Waals surface area contributed by atoms with Gasteiger partial charge in [-0.05, 0) is 54.8 Å². The van der Waals surface area contributed by atoms with Crippen molar-refractivity contribution in [2.75, 3.05) is 18.0 Å². The summed E-state index contributed by atoms with van der Waals surface area (Å²) in [6.07, 6.45) is 2.64. The van der Waals surface area contributed by atoms with Crippen LogP contribution in [0.15, 0.2) is 76.8 Å². The van der Waals surface area contributed by atoms with E-state index in [0.717, 1.165) is 28.2 Å². The van der Waals surface area contributed by atoms with Crippen molar-refractivity contribution >= 4 is 40.2 Å². The summed E-state index contributed by atoms with van der Waals surface area (Å²) in [6.45, 7) is 2.92. The van der Waals surface area contributed by atoms with Crippen molar-refractivity contribution in [2.45, 2.75) is 29.7 Å². The largest absolute Gasteiger partial charge is 0.358 e. The van der Waals surface area contributed by atoms with Crippen LogP contribution in [0.1, 0.15) is 28.0 Å². The number of para-hydroxylation sites is 1. The van der Waals surface area contributed by atoms with Gasteiger partial charge in [0.15, 0.2) is 0 Å². The Morgan fingerprint density at radius 2 is 2.00 bits per heavy atom. The molecule has 3 heterocycles. The highest BCUT2D eigenvalue weighted by Crippen LogP contribution is 2.40. The van der Waals surface area contributed by atoms with Gasteiger partial charge < -0.3 is 15.2 Å². The molecule has 0 radical (unpaired) electrons. The fraction of sp³-hybridized carbons (Fsp3) is 0.192. The number of pyridine rings is 1. The van der Waals surface area contributed by atoms with Crippen molar-refractivity contribution in [1.82, 2.24) is 15.3 Å². The average Bonchev–Trinajstić information content (AvgIpc) is 3.17. The zero-order chi connectivity index (χ0) is 22.8. The first-order valence-corrected chi connectivity index (χ1v) is 11.8. The average molecular weight is 457 g/mol. The highest BCUT2D eigenvalue weighted by atomic mass is 32.2. The van der Waals surface area contributed by atoms with Gasteiger partial charge in [-0.15, -0.1) is 0 Å². The first-order valence-electron chi connectivity index (χ1n) is 11.0. The smallest absolute Gasteiger partial charge is 0.261 e. The number of rotatable bonds is 6. The molecule has 0 saturated heterocycles. The van der Waals surface area contributed by atoms with Crippen molar-refractivity contribution in [3.63, 3.8) is 0 Å². The molecule has 0 saturated carbocycles. The van der Waals surface area contributed by atoms with Crippen molar-refractivity contribution < 1.29 is 9.59 Å². The number of aryl methyl sites for hydroxylation is 1. The van der Waals surface area contributed by atoms with Crippen LogP contribution >= 0.6 is 11.8 Å². The first-order chi connectivity index (χ1) is 16.1. The molecule has 0 fully saturated rings. The van der Waals surface area contributed by atoms with Crippen LogP contribution in [0.4, 0.5) is 5.69 Å². The third kappa shape index (κ3) is 4.50. The number of carbonyl (C=O) groups is 2. The number of nitrogens with zero attached hydrogens (tertiary/aromatic N) is 2. The molecule has 4 aromatic rings. The van der Waals surface area contributed by atoms with Crippen LogP contribution in [0.2, 0.25) is 0 Å². The van der Waals surface area contributed by atoms with Gasteiger partial charge in [-0.1, -0.05) is 35.5 Å². The lowest BCUT2D eigenvalue weighted by Crippen LogP contribution is -2.35. The maximum absolute atomic E-state index is 13.3. The summed E-state index contributed by atoms with van der Waals surface area (Å²) < 4.78 is 0. The fourth-order valence-electron chi connectivity index (χ4n) is 4.07. The topological polar surface area (TPSA) is 78.1 Å². The van der Waals surface area contributed by atoms with Gasteiger partial charge >= 0.3 is 0 Å². The predicted octanol–water partition coefficient (Wildman–Crippen LogP) is 4.73. The van der Waals surface area contributed by atoms with Crippen molar-refractivity contribution in [3.05, 3.63) is 83.7 Å². The maximum Gasteiger partial charge on any atom is 0.261 e. The molecule has 0 bridgehead atoms. The van der Waals surface area contributed by atoms with Crippen LogP contribution in [0.25, 0.3) is 10.9 Å². The predicted molar refractivity (Wildman–Crippen MR) is 131 cm³/mol. The summed E-state index contributed by atoms with van der Waals surface area (Å²) >= 11 is 1.48. The zero-order valence-corrected chi connectivity index (χ0v) is 19.1. The lowest BCUT2D eigenvalue weighted by atomic mass is 10.2. The number of hydrogen-bond donors (Lipinski definition) is 2. The van der Waals surface area contributed by atoms with Gasteiger partial charge in [0.25, 0.3) is 5.91 Å². The molecule has 2 aromatic carbocycles. The number of H-pyrrole nitrogens is 1. The minimum atomic E-state index is -0.128.